The third-order valence-corrected chi connectivity index (χ3v) is 3.93. The maximum Gasteiger partial charge on any atom is 0.187 e. The Morgan fingerprint density at radius 1 is 1.14 bits per heavy atom. The lowest BCUT2D eigenvalue weighted by molar-refractivity contribution is 0.734. The standard InChI is InChI=1S/C16H18ClN3S.ClH/c17-15-7-5-14(6-8-15)4-1-9-18-10-3-13-21-16-19-11-2-12-20-16;/h1-2,4-8,11-12,18H,3,9-10,13H2;1H/b4-1+;. The maximum absolute atomic E-state index is 5.84. The van der Waals surface area contributed by atoms with Crippen LogP contribution in [0.2, 0.25) is 5.02 Å². The van der Waals surface area contributed by atoms with E-state index in [0.717, 1.165) is 41.0 Å². The van der Waals surface area contributed by atoms with E-state index in [1.54, 1.807) is 24.2 Å². The molecule has 1 N–H and O–H groups in total. The number of hydrogen-bond acceptors (Lipinski definition) is 4. The van der Waals surface area contributed by atoms with Gasteiger partial charge in [0.25, 0.3) is 0 Å². The minimum Gasteiger partial charge on any atom is -0.313 e. The molecule has 0 bridgehead atoms. The fourth-order valence-electron chi connectivity index (χ4n) is 1.67. The first kappa shape index (κ1) is 19.0. The molecule has 1 aromatic carbocycles. The SMILES string of the molecule is Cl.Clc1ccc(/C=C/CNCCCSc2ncccn2)cc1. The van der Waals surface area contributed by atoms with Crippen LogP contribution in [0.1, 0.15) is 12.0 Å². The Morgan fingerprint density at radius 2 is 1.86 bits per heavy atom. The number of nitrogens with zero attached hydrogens (tertiary/aromatic N) is 2. The Labute approximate surface area is 147 Å². The minimum atomic E-state index is 0. The number of hydrogen-bond donors (Lipinski definition) is 1. The summed E-state index contributed by atoms with van der Waals surface area (Å²) in [5, 5.41) is 5.00. The van der Waals surface area contributed by atoms with Crippen molar-refractivity contribution in [2.45, 2.75) is 11.6 Å². The summed E-state index contributed by atoms with van der Waals surface area (Å²) in [6.45, 7) is 1.86. The lowest BCUT2D eigenvalue weighted by atomic mass is 10.2. The van der Waals surface area contributed by atoms with E-state index >= 15 is 0 Å². The third-order valence-electron chi connectivity index (χ3n) is 2.71. The lowest BCUT2D eigenvalue weighted by Crippen LogP contribution is -2.15. The molecular weight excluding hydrogens is 337 g/mol. The first-order chi connectivity index (χ1) is 10.3. The van der Waals surface area contributed by atoms with Crippen molar-refractivity contribution in [3.8, 4) is 0 Å². The van der Waals surface area contributed by atoms with Crippen LogP contribution in [0, 0.1) is 0 Å². The van der Waals surface area contributed by atoms with Gasteiger partial charge >= 0.3 is 0 Å². The van der Waals surface area contributed by atoms with Gasteiger partial charge in [-0.15, -0.1) is 12.4 Å². The van der Waals surface area contributed by atoms with Gasteiger partial charge in [-0.05, 0) is 36.7 Å². The normalized spacial score (nSPS) is 10.6. The van der Waals surface area contributed by atoms with Crippen LogP contribution in [0.4, 0.5) is 0 Å². The highest BCUT2D eigenvalue weighted by molar-refractivity contribution is 7.99. The fourth-order valence-corrected chi connectivity index (χ4v) is 2.54. The molecule has 0 aliphatic rings. The molecule has 2 aromatic rings. The molecule has 0 unspecified atom stereocenters. The molecule has 0 spiro atoms. The van der Waals surface area contributed by atoms with E-state index in [-0.39, 0.29) is 12.4 Å². The molecule has 0 aliphatic heterocycles. The highest BCUT2D eigenvalue weighted by atomic mass is 35.5. The summed E-state index contributed by atoms with van der Waals surface area (Å²) in [6, 6.07) is 9.65. The Kier molecular flexibility index (Phi) is 9.91. The van der Waals surface area contributed by atoms with E-state index in [1.165, 1.54) is 0 Å². The number of aromatic nitrogens is 2. The fraction of sp³-hybridized carbons (Fsp3) is 0.250. The van der Waals surface area contributed by atoms with Gasteiger partial charge in [0.1, 0.15) is 0 Å². The second-order valence-corrected chi connectivity index (χ2v) is 5.89. The molecule has 0 fully saturated rings. The predicted octanol–water partition coefficient (Wildman–Crippen LogP) is 4.34. The predicted molar refractivity (Wildman–Crippen MR) is 98.0 cm³/mol. The van der Waals surface area contributed by atoms with Crippen LogP contribution in [0.25, 0.3) is 6.08 Å². The number of halogens is 2. The molecule has 3 nitrogen and oxygen atoms in total. The monoisotopic (exact) mass is 355 g/mol. The van der Waals surface area contributed by atoms with Gasteiger partial charge in [-0.1, -0.05) is 47.6 Å². The average Bonchev–Trinajstić information content (AvgIpc) is 2.53. The lowest BCUT2D eigenvalue weighted by Gasteiger charge is -2.01. The van der Waals surface area contributed by atoms with Crippen molar-refractivity contribution in [3.63, 3.8) is 0 Å². The van der Waals surface area contributed by atoms with Gasteiger partial charge in [0.05, 0.1) is 0 Å². The van der Waals surface area contributed by atoms with Crippen molar-refractivity contribution in [2.24, 2.45) is 0 Å². The molecule has 22 heavy (non-hydrogen) atoms. The van der Waals surface area contributed by atoms with Crippen LogP contribution < -0.4 is 5.32 Å². The van der Waals surface area contributed by atoms with Crippen LogP contribution in [-0.2, 0) is 0 Å². The smallest absolute Gasteiger partial charge is 0.187 e. The Bertz CT molecular complexity index is 547. The highest BCUT2D eigenvalue weighted by Gasteiger charge is 1.94. The largest absolute Gasteiger partial charge is 0.313 e. The summed E-state index contributed by atoms with van der Waals surface area (Å²) >= 11 is 7.53. The molecule has 0 saturated carbocycles. The molecule has 1 heterocycles. The molecule has 118 valence electrons. The Balaban J connectivity index is 0.00000242. The van der Waals surface area contributed by atoms with Gasteiger partial charge in [-0.3, -0.25) is 0 Å². The summed E-state index contributed by atoms with van der Waals surface area (Å²) in [7, 11) is 0. The molecule has 0 aliphatic carbocycles. The van der Waals surface area contributed by atoms with Gasteiger partial charge in [-0.2, -0.15) is 0 Å². The molecule has 2 rings (SSSR count). The van der Waals surface area contributed by atoms with Crippen LogP contribution in [0.5, 0.6) is 0 Å². The highest BCUT2D eigenvalue weighted by Crippen LogP contribution is 2.11. The van der Waals surface area contributed by atoms with Crippen molar-refractivity contribution >= 4 is 41.8 Å². The number of benzene rings is 1. The van der Waals surface area contributed by atoms with Gasteiger partial charge in [0, 0.05) is 29.7 Å². The maximum atomic E-state index is 5.84. The van der Waals surface area contributed by atoms with Crippen molar-refractivity contribution in [3.05, 3.63) is 59.4 Å². The van der Waals surface area contributed by atoms with E-state index in [4.69, 9.17) is 11.6 Å². The molecule has 6 heteroatoms. The molecule has 0 amide bonds. The zero-order chi connectivity index (χ0) is 14.8. The van der Waals surface area contributed by atoms with Crippen molar-refractivity contribution in [2.75, 3.05) is 18.8 Å². The van der Waals surface area contributed by atoms with Gasteiger partial charge in [0.15, 0.2) is 5.16 Å². The zero-order valence-electron chi connectivity index (χ0n) is 12.1. The average molecular weight is 356 g/mol. The Hall–Kier alpha value is -1.07. The second kappa shape index (κ2) is 11.5. The van der Waals surface area contributed by atoms with Crippen LogP contribution >= 0.6 is 35.8 Å². The summed E-state index contributed by atoms with van der Waals surface area (Å²) in [4.78, 5) is 8.35. The van der Waals surface area contributed by atoms with Crippen LogP contribution in [0.3, 0.4) is 0 Å². The van der Waals surface area contributed by atoms with E-state index in [9.17, 15) is 0 Å². The summed E-state index contributed by atoms with van der Waals surface area (Å²) < 4.78 is 0. The van der Waals surface area contributed by atoms with Crippen molar-refractivity contribution in [1.29, 1.82) is 0 Å². The van der Waals surface area contributed by atoms with Gasteiger partial charge < -0.3 is 5.32 Å². The first-order valence-electron chi connectivity index (χ1n) is 6.87. The van der Waals surface area contributed by atoms with Crippen LogP contribution in [-0.4, -0.2) is 28.8 Å². The van der Waals surface area contributed by atoms with E-state index in [1.807, 2.05) is 30.3 Å². The topological polar surface area (TPSA) is 37.8 Å². The molecular formula is C16H19Cl2N3S. The first-order valence-corrected chi connectivity index (χ1v) is 8.23. The van der Waals surface area contributed by atoms with Crippen molar-refractivity contribution < 1.29 is 0 Å². The molecule has 1 aromatic heterocycles. The van der Waals surface area contributed by atoms with E-state index in [2.05, 4.69) is 27.4 Å². The molecule has 0 saturated heterocycles. The summed E-state index contributed by atoms with van der Waals surface area (Å²) in [5.41, 5.74) is 1.16. The minimum absolute atomic E-state index is 0. The third kappa shape index (κ3) is 7.80. The zero-order valence-corrected chi connectivity index (χ0v) is 14.5. The van der Waals surface area contributed by atoms with E-state index < -0.39 is 0 Å². The quantitative estimate of drug-likeness (QED) is 0.434. The molecule has 0 radical (unpaired) electrons. The summed E-state index contributed by atoms with van der Waals surface area (Å²) in [5.74, 6) is 1.03. The second-order valence-electron chi connectivity index (χ2n) is 4.39. The summed E-state index contributed by atoms with van der Waals surface area (Å²) in [6.07, 6.45) is 8.86. The van der Waals surface area contributed by atoms with Gasteiger partial charge in [0.2, 0.25) is 0 Å². The van der Waals surface area contributed by atoms with Crippen LogP contribution in [0.15, 0.2) is 54.0 Å². The number of rotatable bonds is 8. The van der Waals surface area contributed by atoms with Gasteiger partial charge in [-0.25, -0.2) is 9.97 Å². The van der Waals surface area contributed by atoms with Crippen molar-refractivity contribution in [1.82, 2.24) is 15.3 Å². The van der Waals surface area contributed by atoms with E-state index in [0.29, 0.717) is 0 Å². The number of nitrogens with one attached hydrogen (secondary N) is 1. The number of thioether (sulfide) groups is 1. The molecule has 0 atom stereocenters. The Morgan fingerprint density at radius 3 is 2.59 bits per heavy atom.